The fraction of sp³-hybridized carbons (Fsp3) is 0.171. The summed E-state index contributed by atoms with van der Waals surface area (Å²) in [4.78, 5) is 26.1. The van der Waals surface area contributed by atoms with Gasteiger partial charge in [0.25, 0.3) is 11.8 Å². The number of ether oxygens (including phenoxy) is 1. The number of hydrazone groups is 1. The number of fused-ring (bicyclic) bond motifs is 1. The maximum Gasteiger partial charge on any atom is 0.262 e. The molecule has 5 rings (SSSR count). The zero-order valence-electron chi connectivity index (χ0n) is 24.1. The topological polar surface area (TPSA) is 84.7 Å². The van der Waals surface area contributed by atoms with E-state index >= 15 is 0 Å². The highest BCUT2D eigenvalue weighted by molar-refractivity contribution is 6.30. The summed E-state index contributed by atoms with van der Waals surface area (Å²) >= 11 is 5.92. The van der Waals surface area contributed by atoms with Gasteiger partial charge in [0.2, 0.25) is 0 Å². The Morgan fingerprint density at radius 3 is 2.40 bits per heavy atom. The molecule has 43 heavy (non-hydrogen) atoms. The Balaban J connectivity index is 1.31. The molecule has 0 saturated heterocycles. The van der Waals surface area contributed by atoms with Crippen molar-refractivity contribution in [1.82, 2.24) is 15.3 Å². The fourth-order valence-electron chi connectivity index (χ4n) is 5.03. The van der Waals surface area contributed by atoms with Gasteiger partial charge in [-0.3, -0.25) is 9.59 Å². The van der Waals surface area contributed by atoms with Crippen molar-refractivity contribution in [1.29, 1.82) is 0 Å². The van der Waals surface area contributed by atoms with Crippen molar-refractivity contribution < 1.29 is 14.3 Å². The van der Waals surface area contributed by atoms with E-state index in [1.807, 2.05) is 42.5 Å². The predicted molar refractivity (Wildman–Crippen MR) is 172 cm³/mol. The molecule has 0 aliphatic carbocycles. The Labute approximate surface area is 256 Å². The van der Waals surface area contributed by atoms with Crippen LogP contribution >= 0.6 is 11.6 Å². The van der Waals surface area contributed by atoms with Gasteiger partial charge in [0.05, 0.1) is 6.21 Å². The normalized spacial score (nSPS) is 11.9. The first kappa shape index (κ1) is 29.6. The molecule has 1 atom stereocenters. The van der Waals surface area contributed by atoms with Gasteiger partial charge in [-0.2, -0.15) is 5.10 Å². The number of rotatable bonds is 11. The second kappa shape index (κ2) is 13.9. The lowest BCUT2D eigenvalue weighted by Gasteiger charge is -2.17. The van der Waals surface area contributed by atoms with E-state index in [1.54, 1.807) is 30.5 Å². The van der Waals surface area contributed by atoms with Crippen molar-refractivity contribution in [3.63, 3.8) is 0 Å². The summed E-state index contributed by atoms with van der Waals surface area (Å²) in [7, 11) is 0. The second-order valence-corrected chi connectivity index (χ2v) is 10.8. The van der Waals surface area contributed by atoms with Crippen molar-refractivity contribution >= 4 is 40.5 Å². The molecule has 0 bridgehead atoms. The molecule has 0 aliphatic rings. The number of aryl methyl sites for hydroxylation is 1. The molecule has 0 spiro atoms. The van der Waals surface area contributed by atoms with Gasteiger partial charge in [-0.05, 0) is 55.3 Å². The molecule has 1 heterocycles. The van der Waals surface area contributed by atoms with Gasteiger partial charge in [-0.15, -0.1) is 0 Å². The molecule has 0 fully saturated rings. The SMILES string of the molecule is Cc1cccc(Cn2c(C)c(/C=N\NC(=O)[C@H](Cc3ccccc3)NC(=O)COc3ccc(Cl)cc3)c3ccccc32)c1. The van der Waals surface area contributed by atoms with Crippen molar-refractivity contribution in [3.05, 3.63) is 136 Å². The molecule has 0 unspecified atom stereocenters. The van der Waals surface area contributed by atoms with Gasteiger partial charge in [-0.25, -0.2) is 5.43 Å². The van der Waals surface area contributed by atoms with Gasteiger partial charge in [0, 0.05) is 40.1 Å². The minimum atomic E-state index is -0.857. The van der Waals surface area contributed by atoms with Gasteiger partial charge < -0.3 is 14.6 Å². The summed E-state index contributed by atoms with van der Waals surface area (Å²) in [5, 5.41) is 8.73. The summed E-state index contributed by atoms with van der Waals surface area (Å²) in [6, 6.07) is 32.0. The number of hydrogen-bond donors (Lipinski definition) is 2. The number of carbonyl (C=O) groups excluding carboxylic acids is 2. The first-order chi connectivity index (χ1) is 20.9. The average Bonchev–Trinajstić information content (AvgIpc) is 3.27. The van der Waals surface area contributed by atoms with Crippen LogP contribution in [0.3, 0.4) is 0 Å². The van der Waals surface area contributed by atoms with E-state index in [0.29, 0.717) is 17.2 Å². The molecular formula is C35H33ClN4O3. The van der Waals surface area contributed by atoms with E-state index in [-0.39, 0.29) is 6.61 Å². The first-order valence-electron chi connectivity index (χ1n) is 14.1. The number of hydrogen-bond acceptors (Lipinski definition) is 4. The first-order valence-corrected chi connectivity index (χ1v) is 14.4. The van der Waals surface area contributed by atoms with E-state index in [4.69, 9.17) is 16.3 Å². The molecule has 4 aromatic carbocycles. The highest BCUT2D eigenvalue weighted by Gasteiger charge is 2.22. The van der Waals surface area contributed by atoms with Crippen LogP contribution in [0.15, 0.2) is 108 Å². The fourth-order valence-corrected chi connectivity index (χ4v) is 5.16. The third kappa shape index (κ3) is 7.70. The third-order valence-corrected chi connectivity index (χ3v) is 7.44. The van der Waals surface area contributed by atoms with E-state index in [9.17, 15) is 9.59 Å². The summed E-state index contributed by atoms with van der Waals surface area (Å²) in [5.41, 5.74) is 9.01. The molecule has 2 N–H and O–H groups in total. The van der Waals surface area contributed by atoms with Gasteiger partial charge in [-0.1, -0.05) is 90.0 Å². The van der Waals surface area contributed by atoms with Crippen LogP contribution in [0.25, 0.3) is 10.9 Å². The molecule has 8 heteroatoms. The van der Waals surface area contributed by atoms with Crippen LogP contribution in [0, 0.1) is 13.8 Å². The Hall–Kier alpha value is -4.88. The summed E-state index contributed by atoms with van der Waals surface area (Å²) in [6.45, 7) is 4.61. The second-order valence-electron chi connectivity index (χ2n) is 10.4. The monoisotopic (exact) mass is 592 g/mol. The number of amides is 2. The maximum absolute atomic E-state index is 13.3. The number of carbonyl (C=O) groups is 2. The van der Waals surface area contributed by atoms with E-state index in [1.165, 1.54) is 11.1 Å². The van der Waals surface area contributed by atoms with E-state index in [0.717, 1.165) is 34.3 Å². The lowest BCUT2D eigenvalue weighted by atomic mass is 10.1. The van der Waals surface area contributed by atoms with Crippen molar-refractivity contribution in [3.8, 4) is 5.75 Å². The summed E-state index contributed by atoms with van der Waals surface area (Å²) in [6.07, 6.45) is 1.97. The van der Waals surface area contributed by atoms with Crippen LogP contribution in [0.5, 0.6) is 5.75 Å². The predicted octanol–water partition coefficient (Wildman–Crippen LogP) is 6.22. The molecule has 1 aromatic heterocycles. The van der Waals surface area contributed by atoms with Crippen molar-refractivity contribution in [2.75, 3.05) is 6.61 Å². The lowest BCUT2D eigenvalue weighted by molar-refractivity contribution is -0.130. The number of benzene rings is 4. The Bertz CT molecular complexity index is 1750. The van der Waals surface area contributed by atoms with Crippen molar-refractivity contribution in [2.24, 2.45) is 5.10 Å². The number of para-hydroxylation sites is 1. The smallest absolute Gasteiger partial charge is 0.262 e. The molecule has 2 amide bonds. The standard InChI is InChI=1S/C35H33ClN4O3/c1-24-9-8-12-27(19-24)22-40-25(2)31(30-13-6-7-14-33(30)40)21-37-39-35(42)32(20-26-10-4-3-5-11-26)38-34(41)23-43-29-17-15-28(36)16-18-29/h3-19,21,32H,20,22-23H2,1-2H3,(H,38,41)(H,39,42)/b37-21-/t32-/m0/s1. The maximum atomic E-state index is 13.3. The summed E-state index contributed by atoms with van der Waals surface area (Å²) in [5.74, 6) is -0.351. The molecule has 0 saturated carbocycles. The summed E-state index contributed by atoms with van der Waals surface area (Å²) < 4.78 is 7.82. The Kier molecular flexibility index (Phi) is 9.54. The quantitative estimate of drug-likeness (QED) is 0.141. The molecular weight excluding hydrogens is 560 g/mol. The van der Waals surface area contributed by atoms with Crippen LogP contribution in [0.2, 0.25) is 5.02 Å². The molecule has 0 aliphatic heterocycles. The average molecular weight is 593 g/mol. The highest BCUT2D eigenvalue weighted by Crippen LogP contribution is 2.26. The van der Waals surface area contributed by atoms with Gasteiger partial charge in [0.1, 0.15) is 11.8 Å². The van der Waals surface area contributed by atoms with Crippen molar-refractivity contribution in [2.45, 2.75) is 32.9 Å². The number of halogens is 1. The Morgan fingerprint density at radius 1 is 0.907 bits per heavy atom. The van der Waals surface area contributed by atoms with E-state index in [2.05, 4.69) is 70.7 Å². The van der Waals surface area contributed by atoms with Crippen LogP contribution in [-0.2, 0) is 22.6 Å². The number of nitrogens with one attached hydrogen (secondary N) is 2. The zero-order valence-corrected chi connectivity index (χ0v) is 24.8. The number of aromatic nitrogens is 1. The van der Waals surface area contributed by atoms with Gasteiger partial charge in [0.15, 0.2) is 6.61 Å². The zero-order chi connectivity index (χ0) is 30.2. The van der Waals surface area contributed by atoms with Crippen LogP contribution < -0.4 is 15.5 Å². The molecule has 218 valence electrons. The largest absolute Gasteiger partial charge is 0.484 e. The molecule has 7 nitrogen and oxygen atoms in total. The minimum absolute atomic E-state index is 0.247. The van der Waals surface area contributed by atoms with Crippen LogP contribution in [0.1, 0.15) is 27.9 Å². The minimum Gasteiger partial charge on any atom is -0.484 e. The molecule has 0 radical (unpaired) electrons. The van der Waals surface area contributed by atoms with Crippen LogP contribution in [0.4, 0.5) is 0 Å². The van der Waals surface area contributed by atoms with Gasteiger partial charge >= 0.3 is 0 Å². The highest BCUT2D eigenvalue weighted by atomic mass is 35.5. The number of nitrogens with zero attached hydrogens (tertiary/aromatic N) is 2. The molecule has 5 aromatic rings. The van der Waals surface area contributed by atoms with E-state index < -0.39 is 17.9 Å². The Morgan fingerprint density at radius 2 is 1.63 bits per heavy atom. The third-order valence-electron chi connectivity index (χ3n) is 7.19. The lowest BCUT2D eigenvalue weighted by Crippen LogP contribution is -2.48. The van der Waals surface area contributed by atoms with Crippen LogP contribution in [-0.4, -0.2) is 35.2 Å².